The number of nitrogens with one attached hydrogen (secondary N) is 1. The maximum atomic E-state index is 11.7. The molecule has 6 nitrogen and oxygen atoms in total. The topological polar surface area (TPSA) is 73.9 Å². The summed E-state index contributed by atoms with van der Waals surface area (Å²) < 4.78 is 15.5. The van der Waals surface area contributed by atoms with E-state index in [4.69, 9.17) is 14.2 Å². The van der Waals surface area contributed by atoms with Gasteiger partial charge in [-0.25, -0.2) is 0 Å². The van der Waals surface area contributed by atoms with Crippen LogP contribution in [0.2, 0.25) is 0 Å². The molecule has 6 heteroatoms. The first-order chi connectivity index (χ1) is 12.7. The Balaban J connectivity index is 1.54. The van der Waals surface area contributed by atoms with E-state index in [0.29, 0.717) is 25.3 Å². The molecule has 0 fully saturated rings. The van der Waals surface area contributed by atoms with Gasteiger partial charge in [-0.3, -0.25) is 9.59 Å². The fourth-order valence-corrected chi connectivity index (χ4v) is 2.14. The number of hydrogen-bond acceptors (Lipinski definition) is 5. The molecule has 0 heterocycles. The van der Waals surface area contributed by atoms with E-state index in [1.54, 1.807) is 31.4 Å². The molecular weight excluding hydrogens is 334 g/mol. The predicted molar refractivity (Wildman–Crippen MR) is 97.0 cm³/mol. The van der Waals surface area contributed by atoms with Crippen molar-refractivity contribution in [1.82, 2.24) is 5.32 Å². The van der Waals surface area contributed by atoms with Gasteiger partial charge in [0.15, 0.2) is 6.61 Å². The summed E-state index contributed by atoms with van der Waals surface area (Å²) in [6, 6.07) is 16.7. The number of carbonyl (C=O) groups is 2. The lowest BCUT2D eigenvalue weighted by Crippen LogP contribution is -2.28. The van der Waals surface area contributed by atoms with Crippen LogP contribution in [0.1, 0.15) is 18.4 Å². The van der Waals surface area contributed by atoms with Gasteiger partial charge in [-0.1, -0.05) is 30.3 Å². The summed E-state index contributed by atoms with van der Waals surface area (Å²) in [4.78, 5) is 23.3. The zero-order chi connectivity index (χ0) is 18.6. The smallest absolute Gasteiger partial charge is 0.306 e. The summed E-state index contributed by atoms with van der Waals surface area (Å²) in [7, 11) is 1.60. The Morgan fingerprint density at radius 3 is 2.35 bits per heavy atom. The molecule has 1 N–H and O–H groups in total. The third-order valence-corrected chi connectivity index (χ3v) is 3.55. The van der Waals surface area contributed by atoms with E-state index >= 15 is 0 Å². The first kappa shape index (κ1) is 19.3. The van der Waals surface area contributed by atoms with Gasteiger partial charge < -0.3 is 19.5 Å². The van der Waals surface area contributed by atoms with Crippen LogP contribution in [0, 0.1) is 0 Å². The van der Waals surface area contributed by atoms with Crippen molar-refractivity contribution in [2.45, 2.75) is 19.4 Å². The molecule has 0 saturated heterocycles. The molecule has 0 atom stereocenters. The SMILES string of the molecule is COc1ccc(OCCCC(=O)OCC(=O)NCc2ccccc2)cc1. The molecule has 0 radical (unpaired) electrons. The molecule has 0 aliphatic rings. The van der Waals surface area contributed by atoms with Gasteiger partial charge in [0.1, 0.15) is 11.5 Å². The Kier molecular flexibility index (Phi) is 7.99. The lowest BCUT2D eigenvalue weighted by atomic mass is 10.2. The highest BCUT2D eigenvalue weighted by Crippen LogP contribution is 2.17. The maximum Gasteiger partial charge on any atom is 0.306 e. The Hall–Kier alpha value is -3.02. The highest BCUT2D eigenvalue weighted by atomic mass is 16.5. The van der Waals surface area contributed by atoms with Crippen LogP contribution in [0.5, 0.6) is 11.5 Å². The van der Waals surface area contributed by atoms with E-state index in [2.05, 4.69) is 5.32 Å². The van der Waals surface area contributed by atoms with E-state index in [0.717, 1.165) is 11.3 Å². The number of methoxy groups -OCH3 is 1. The van der Waals surface area contributed by atoms with Gasteiger partial charge in [0.05, 0.1) is 13.7 Å². The average Bonchev–Trinajstić information content (AvgIpc) is 2.69. The number of esters is 1. The zero-order valence-electron chi connectivity index (χ0n) is 14.8. The summed E-state index contributed by atoms with van der Waals surface area (Å²) >= 11 is 0. The van der Waals surface area contributed by atoms with Gasteiger partial charge in [-0.05, 0) is 36.2 Å². The molecule has 2 aromatic carbocycles. The van der Waals surface area contributed by atoms with Crippen molar-refractivity contribution in [3.8, 4) is 11.5 Å². The number of benzene rings is 2. The molecule has 0 aliphatic carbocycles. The summed E-state index contributed by atoms with van der Waals surface area (Å²) in [6.07, 6.45) is 0.707. The summed E-state index contributed by atoms with van der Waals surface area (Å²) in [5, 5.41) is 2.70. The molecule has 0 aliphatic heterocycles. The summed E-state index contributed by atoms with van der Waals surface area (Å²) in [5.41, 5.74) is 0.989. The monoisotopic (exact) mass is 357 g/mol. The Morgan fingerprint density at radius 1 is 0.962 bits per heavy atom. The number of hydrogen-bond donors (Lipinski definition) is 1. The normalized spacial score (nSPS) is 10.0. The van der Waals surface area contributed by atoms with E-state index < -0.39 is 5.97 Å². The average molecular weight is 357 g/mol. The summed E-state index contributed by atoms with van der Waals surface area (Å²) in [6.45, 7) is 0.527. The Labute approximate surface area is 153 Å². The predicted octanol–water partition coefficient (Wildman–Crippen LogP) is 2.71. The van der Waals surface area contributed by atoms with E-state index in [1.807, 2.05) is 30.3 Å². The van der Waals surface area contributed by atoms with Crippen molar-refractivity contribution in [2.75, 3.05) is 20.3 Å². The van der Waals surface area contributed by atoms with Gasteiger partial charge in [-0.2, -0.15) is 0 Å². The van der Waals surface area contributed by atoms with Crippen LogP contribution in [-0.2, 0) is 20.9 Å². The molecule has 26 heavy (non-hydrogen) atoms. The van der Waals surface area contributed by atoms with Gasteiger partial charge in [0.2, 0.25) is 0 Å². The van der Waals surface area contributed by atoms with E-state index in [1.165, 1.54) is 0 Å². The molecule has 0 bridgehead atoms. The fraction of sp³-hybridized carbons (Fsp3) is 0.300. The van der Waals surface area contributed by atoms with Crippen molar-refractivity contribution in [3.63, 3.8) is 0 Å². The fourth-order valence-electron chi connectivity index (χ4n) is 2.14. The van der Waals surface area contributed by atoms with Gasteiger partial charge in [0, 0.05) is 13.0 Å². The molecule has 2 aromatic rings. The van der Waals surface area contributed by atoms with Gasteiger partial charge in [-0.15, -0.1) is 0 Å². The number of carbonyl (C=O) groups excluding carboxylic acids is 2. The molecule has 0 spiro atoms. The molecule has 0 unspecified atom stereocenters. The van der Waals surface area contributed by atoms with Crippen molar-refractivity contribution in [1.29, 1.82) is 0 Å². The number of ether oxygens (including phenoxy) is 3. The minimum Gasteiger partial charge on any atom is -0.497 e. The van der Waals surface area contributed by atoms with Crippen LogP contribution in [0.4, 0.5) is 0 Å². The lowest BCUT2D eigenvalue weighted by molar-refractivity contribution is -0.148. The quantitative estimate of drug-likeness (QED) is 0.523. The lowest BCUT2D eigenvalue weighted by Gasteiger charge is -2.08. The maximum absolute atomic E-state index is 11.7. The first-order valence-corrected chi connectivity index (χ1v) is 8.40. The second kappa shape index (κ2) is 10.8. The van der Waals surface area contributed by atoms with Crippen LogP contribution in [0.3, 0.4) is 0 Å². The van der Waals surface area contributed by atoms with Crippen molar-refractivity contribution >= 4 is 11.9 Å². The third-order valence-electron chi connectivity index (χ3n) is 3.55. The minimum atomic E-state index is -0.418. The van der Waals surface area contributed by atoms with Crippen molar-refractivity contribution in [2.24, 2.45) is 0 Å². The van der Waals surface area contributed by atoms with Crippen LogP contribution < -0.4 is 14.8 Å². The number of amides is 1. The molecule has 0 aromatic heterocycles. The molecule has 138 valence electrons. The zero-order valence-corrected chi connectivity index (χ0v) is 14.8. The minimum absolute atomic E-state index is 0.197. The number of rotatable bonds is 10. The van der Waals surface area contributed by atoms with Crippen molar-refractivity contribution in [3.05, 3.63) is 60.2 Å². The second-order valence-corrected chi connectivity index (χ2v) is 5.55. The largest absolute Gasteiger partial charge is 0.497 e. The third kappa shape index (κ3) is 7.25. The van der Waals surface area contributed by atoms with Gasteiger partial charge in [0.25, 0.3) is 5.91 Å². The van der Waals surface area contributed by atoms with Crippen LogP contribution in [0.25, 0.3) is 0 Å². The van der Waals surface area contributed by atoms with Crippen LogP contribution in [0.15, 0.2) is 54.6 Å². The van der Waals surface area contributed by atoms with Gasteiger partial charge >= 0.3 is 5.97 Å². The Bertz CT molecular complexity index is 685. The Morgan fingerprint density at radius 2 is 1.65 bits per heavy atom. The van der Waals surface area contributed by atoms with Crippen LogP contribution >= 0.6 is 0 Å². The second-order valence-electron chi connectivity index (χ2n) is 5.55. The highest BCUT2D eigenvalue weighted by molar-refractivity contribution is 5.80. The standard InChI is InChI=1S/C20H23NO5/c1-24-17-9-11-18(12-10-17)25-13-5-8-20(23)26-15-19(22)21-14-16-6-3-2-4-7-16/h2-4,6-7,9-12H,5,8,13-15H2,1H3,(H,21,22). The van der Waals surface area contributed by atoms with E-state index in [9.17, 15) is 9.59 Å². The highest BCUT2D eigenvalue weighted by Gasteiger charge is 2.07. The summed E-state index contributed by atoms with van der Waals surface area (Å²) in [5.74, 6) is 0.723. The van der Waals surface area contributed by atoms with E-state index in [-0.39, 0.29) is 18.9 Å². The first-order valence-electron chi connectivity index (χ1n) is 8.40. The molecule has 2 rings (SSSR count). The molecule has 1 amide bonds. The molecular formula is C20H23NO5. The molecule has 0 saturated carbocycles. The van der Waals surface area contributed by atoms with Crippen molar-refractivity contribution < 1.29 is 23.8 Å². The van der Waals surface area contributed by atoms with Crippen LogP contribution in [-0.4, -0.2) is 32.2 Å².